The van der Waals surface area contributed by atoms with Gasteiger partial charge in [-0.15, -0.1) is 0 Å². The van der Waals surface area contributed by atoms with Crippen LogP contribution in [0.5, 0.6) is 5.75 Å². The van der Waals surface area contributed by atoms with Gasteiger partial charge in [0.15, 0.2) is 0 Å². The molecule has 0 aliphatic rings. The summed E-state index contributed by atoms with van der Waals surface area (Å²) < 4.78 is 12.8. The van der Waals surface area contributed by atoms with Crippen LogP contribution >= 0.6 is 0 Å². The van der Waals surface area contributed by atoms with Crippen molar-refractivity contribution in [3.8, 4) is 5.75 Å². The van der Waals surface area contributed by atoms with Gasteiger partial charge in [-0.2, -0.15) is 0 Å². The number of para-hydroxylation sites is 2. The number of aromatic nitrogens is 2. The van der Waals surface area contributed by atoms with Crippen LogP contribution in [0.3, 0.4) is 0 Å². The average molecular weight is 364 g/mol. The Bertz CT molecular complexity index is 1160. The molecule has 2 aromatic heterocycles. The van der Waals surface area contributed by atoms with Crippen LogP contribution in [0.4, 0.5) is 0 Å². The van der Waals surface area contributed by atoms with Crippen molar-refractivity contribution in [3.63, 3.8) is 0 Å². The van der Waals surface area contributed by atoms with Crippen LogP contribution in [-0.2, 0) is 6.54 Å². The maximum atomic E-state index is 12.7. The molecular formula is C21H20N2O4. The van der Waals surface area contributed by atoms with Gasteiger partial charge in [0, 0.05) is 5.39 Å². The van der Waals surface area contributed by atoms with E-state index in [1.165, 1.54) is 10.9 Å². The molecule has 138 valence electrons. The molecule has 6 heteroatoms. The molecule has 0 radical (unpaired) electrons. The fourth-order valence-electron chi connectivity index (χ4n) is 3.23. The van der Waals surface area contributed by atoms with E-state index in [0.29, 0.717) is 11.1 Å². The Kier molecular flexibility index (Phi) is 4.41. The van der Waals surface area contributed by atoms with Gasteiger partial charge in [0.25, 0.3) is 5.56 Å². The summed E-state index contributed by atoms with van der Waals surface area (Å²) in [6.45, 7) is 4.07. The third kappa shape index (κ3) is 3.19. The fourth-order valence-corrected chi connectivity index (χ4v) is 3.23. The molecule has 6 nitrogen and oxygen atoms in total. The Morgan fingerprint density at radius 3 is 2.67 bits per heavy atom. The highest BCUT2D eigenvalue weighted by atomic mass is 16.5. The van der Waals surface area contributed by atoms with E-state index in [1.807, 2.05) is 50.2 Å². The number of aryl methyl sites for hydroxylation is 2. The Labute approximate surface area is 155 Å². The Balaban J connectivity index is 1.55. The van der Waals surface area contributed by atoms with Gasteiger partial charge in [0.2, 0.25) is 5.58 Å². The van der Waals surface area contributed by atoms with E-state index in [0.717, 1.165) is 22.3 Å². The van der Waals surface area contributed by atoms with Crippen molar-refractivity contribution >= 4 is 22.1 Å². The molecule has 2 aromatic carbocycles. The summed E-state index contributed by atoms with van der Waals surface area (Å²) in [7, 11) is 0. The van der Waals surface area contributed by atoms with Gasteiger partial charge in [-0.3, -0.25) is 9.36 Å². The lowest BCUT2D eigenvalue weighted by Gasteiger charge is -2.16. The maximum Gasteiger partial charge on any atom is 0.297 e. The summed E-state index contributed by atoms with van der Waals surface area (Å²) in [5, 5.41) is 11.1. The highest BCUT2D eigenvalue weighted by Crippen LogP contribution is 2.24. The molecule has 0 saturated carbocycles. The van der Waals surface area contributed by atoms with Crippen LogP contribution in [0.2, 0.25) is 0 Å². The molecule has 0 fully saturated rings. The number of hydrogen-bond donors (Lipinski definition) is 1. The summed E-state index contributed by atoms with van der Waals surface area (Å²) in [5.41, 5.74) is 3.04. The predicted octanol–water partition coefficient (Wildman–Crippen LogP) is 3.20. The molecule has 27 heavy (non-hydrogen) atoms. The van der Waals surface area contributed by atoms with Gasteiger partial charge in [0.05, 0.1) is 12.9 Å². The van der Waals surface area contributed by atoms with Crippen molar-refractivity contribution in [2.45, 2.75) is 26.5 Å². The Morgan fingerprint density at radius 1 is 1.15 bits per heavy atom. The molecule has 2 heterocycles. The number of aliphatic hydroxyl groups excluding tert-OH is 1. The van der Waals surface area contributed by atoms with E-state index in [4.69, 9.17) is 9.15 Å². The molecule has 0 amide bonds. The minimum atomic E-state index is -0.856. The van der Waals surface area contributed by atoms with Crippen LogP contribution in [0, 0.1) is 13.8 Å². The maximum absolute atomic E-state index is 12.7. The first-order valence-electron chi connectivity index (χ1n) is 8.78. The highest BCUT2D eigenvalue weighted by molar-refractivity contribution is 6.01. The van der Waals surface area contributed by atoms with Crippen LogP contribution in [0.1, 0.15) is 11.1 Å². The van der Waals surface area contributed by atoms with Crippen molar-refractivity contribution in [2.24, 2.45) is 0 Å². The number of rotatable bonds is 5. The van der Waals surface area contributed by atoms with E-state index in [9.17, 15) is 9.90 Å². The predicted molar refractivity (Wildman–Crippen MR) is 103 cm³/mol. The van der Waals surface area contributed by atoms with Crippen LogP contribution < -0.4 is 10.3 Å². The van der Waals surface area contributed by atoms with E-state index in [2.05, 4.69) is 4.98 Å². The SMILES string of the molecule is Cc1cccc(C)c1OCC(O)Cn1cnc2c(oc3ccccc32)c1=O. The van der Waals surface area contributed by atoms with Gasteiger partial charge >= 0.3 is 0 Å². The molecule has 4 rings (SSSR count). The van der Waals surface area contributed by atoms with Crippen molar-refractivity contribution < 1.29 is 14.3 Å². The molecule has 1 N–H and O–H groups in total. The van der Waals surface area contributed by atoms with Gasteiger partial charge in [-0.05, 0) is 37.1 Å². The van der Waals surface area contributed by atoms with E-state index in [-0.39, 0.29) is 24.3 Å². The smallest absolute Gasteiger partial charge is 0.297 e. The number of aliphatic hydroxyl groups is 1. The minimum absolute atomic E-state index is 0.0732. The monoisotopic (exact) mass is 364 g/mol. The summed E-state index contributed by atoms with van der Waals surface area (Å²) >= 11 is 0. The zero-order chi connectivity index (χ0) is 19.0. The first-order valence-corrected chi connectivity index (χ1v) is 8.78. The van der Waals surface area contributed by atoms with Crippen molar-refractivity contribution in [1.29, 1.82) is 0 Å². The summed E-state index contributed by atoms with van der Waals surface area (Å²) in [6, 6.07) is 13.3. The molecule has 0 bridgehead atoms. The molecule has 4 aromatic rings. The van der Waals surface area contributed by atoms with Crippen molar-refractivity contribution in [3.05, 3.63) is 70.3 Å². The van der Waals surface area contributed by atoms with Crippen LogP contribution in [0.15, 0.2) is 58.0 Å². The first kappa shape index (κ1) is 17.3. The fraction of sp³-hybridized carbons (Fsp3) is 0.238. The van der Waals surface area contributed by atoms with E-state index >= 15 is 0 Å². The van der Waals surface area contributed by atoms with Crippen LogP contribution in [0.25, 0.3) is 22.1 Å². The second-order valence-electron chi connectivity index (χ2n) is 6.66. The number of fused-ring (bicyclic) bond motifs is 3. The molecule has 0 spiro atoms. The van der Waals surface area contributed by atoms with E-state index in [1.54, 1.807) is 6.07 Å². The van der Waals surface area contributed by atoms with Gasteiger partial charge in [-0.25, -0.2) is 4.98 Å². The number of hydrogen-bond acceptors (Lipinski definition) is 5. The topological polar surface area (TPSA) is 77.5 Å². The molecule has 0 aliphatic heterocycles. The second kappa shape index (κ2) is 6.89. The second-order valence-corrected chi connectivity index (χ2v) is 6.66. The third-order valence-corrected chi connectivity index (χ3v) is 4.59. The first-order chi connectivity index (χ1) is 13.0. The molecular weight excluding hydrogens is 344 g/mol. The van der Waals surface area contributed by atoms with E-state index < -0.39 is 6.10 Å². The number of benzene rings is 2. The minimum Gasteiger partial charge on any atom is -0.490 e. The van der Waals surface area contributed by atoms with Gasteiger partial charge < -0.3 is 14.3 Å². The lowest BCUT2D eigenvalue weighted by Crippen LogP contribution is -2.30. The third-order valence-electron chi connectivity index (χ3n) is 4.59. The standard InChI is InChI=1S/C21H20N2O4/c1-13-6-5-7-14(2)19(13)26-11-15(24)10-23-12-22-18-16-8-3-4-9-17(16)27-20(18)21(23)25/h3-9,12,15,24H,10-11H2,1-2H3. The van der Waals surface area contributed by atoms with Crippen molar-refractivity contribution in [1.82, 2.24) is 9.55 Å². The summed E-state index contributed by atoms with van der Waals surface area (Å²) in [4.78, 5) is 17.0. The highest BCUT2D eigenvalue weighted by Gasteiger charge is 2.15. The zero-order valence-corrected chi connectivity index (χ0v) is 15.2. The van der Waals surface area contributed by atoms with Gasteiger partial charge in [0.1, 0.15) is 29.6 Å². The normalized spacial score (nSPS) is 12.6. The Hall–Kier alpha value is -3.12. The van der Waals surface area contributed by atoms with Gasteiger partial charge in [-0.1, -0.05) is 30.3 Å². The average Bonchev–Trinajstić information content (AvgIpc) is 3.03. The zero-order valence-electron chi connectivity index (χ0n) is 15.2. The lowest BCUT2D eigenvalue weighted by atomic mass is 10.1. The van der Waals surface area contributed by atoms with Crippen LogP contribution in [-0.4, -0.2) is 27.4 Å². The van der Waals surface area contributed by atoms with Crippen molar-refractivity contribution in [2.75, 3.05) is 6.61 Å². The molecule has 0 aliphatic carbocycles. The molecule has 1 unspecified atom stereocenters. The Morgan fingerprint density at radius 2 is 1.89 bits per heavy atom. The number of ether oxygens (including phenoxy) is 1. The summed E-state index contributed by atoms with van der Waals surface area (Å²) in [5.74, 6) is 0.759. The summed E-state index contributed by atoms with van der Waals surface area (Å²) in [6.07, 6.45) is 0.583. The number of nitrogens with zero attached hydrogens (tertiary/aromatic N) is 2. The number of furan rings is 1. The molecule has 1 atom stereocenters. The largest absolute Gasteiger partial charge is 0.490 e. The molecule has 0 saturated heterocycles. The lowest BCUT2D eigenvalue weighted by molar-refractivity contribution is 0.0907. The quantitative estimate of drug-likeness (QED) is 0.588.